The third kappa shape index (κ3) is 8.16. The van der Waals surface area contributed by atoms with Crippen molar-refractivity contribution in [2.24, 2.45) is 0 Å². The van der Waals surface area contributed by atoms with Crippen LogP contribution < -0.4 is 14.8 Å². The zero-order valence-electron chi connectivity index (χ0n) is 21.9. The Morgan fingerprint density at radius 3 is 2.29 bits per heavy atom. The fourth-order valence-electron chi connectivity index (χ4n) is 3.71. The molecule has 9 heteroatoms. The Labute approximate surface area is 224 Å². The molecule has 3 aromatic carbocycles. The van der Waals surface area contributed by atoms with Gasteiger partial charge in [-0.1, -0.05) is 43.7 Å². The van der Waals surface area contributed by atoms with Gasteiger partial charge in [0.25, 0.3) is 0 Å². The van der Waals surface area contributed by atoms with Crippen LogP contribution in [0.4, 0.5) is 5.69 Å². The number of rotatable bonds is 13. The molecule has 0 aliphatic rings. The van der Waals surface area contributed by atoms with Crippen molar-refractivity contribution in [2.45, 2.75) is 51.0 Å². The van der Waals surface area contributed by atoms with Gasteiger partial charge in [-0.15, -0.1) is 0 Å². The van der Waals surface area contributed by atoms with E-state index in [1.54, 1.807) is 37.3 Å². The maximum atomic E-state index is 13.3. The molecule has 0 radical (unpaired) electrons. The molecule has 1 atom stereocenters. The second-order valence-electron chi connectivity index (χ2n) is 8.78. The number of carbonyl (C=O) groups is 2. The van der Waals surface area contributed by atoms with E-state index >= 15 is 0 Å². The number of sulfonamides is 1. The van der Waals surface area contributed by atoms with E-state index in [9.17, 15) is 18.0 Å². The molecular weight excluding hydrogens is 504 g/mol. The van der Waals surface area contributed by atoms with Crippen molar-refractivity contribution in [2.75, 3.05) is 18.5 Å². The van der Waals surface area contributed by atoms with Crippen molar-refractivity contribution in [3.63, 3.8) is 0 Å². The lowest BCUT2D eigenvalue weighted by atomic mass is 10.1. The molecule has 0 aliphatic heterocycles. The van der Waals surface area contributed by atoms with Gasteiger partial charge in [0, 0.05) is 5.69 Å². The first-order valence-corrected chi connectivity index (χ1v) is 14.1. The molecule has 0 saturated carbocycles. The van der Waals surface area contributed by atoms with E-state index in [-0.39, 0.29) is 11.3 Å². The largest absolute Gasteiger partial charge is 0.494 e. The summed E-state index contributed by atoms with van der Waals surface area (Å²) in [6.07, 6.45) is 1.85. The lowest BCUT2D eigenvalue weighted by molar-refractivity contribution is -0.117. The SMILES string of the molecule is CCCCOC(=O)c1ccc(NC(=O)[C@@H](Cc2ccccc2)NS(=O)(=O)c2ccc(OCC)c(C)c2)cc1. The lowest BCUT2D eigenvalue weighted by Gasteiger charge is -2.19. The molecule has 2 N–H and O–H groups in total. The second kappa shape index (κ2) is 13.7. The highest BCUT2D eigenvalue weighted by Gasteiger charge is 2.27. The van der Waals surface area contributed by atoms with Crippen LogP contribution in [0, 0.1) is 6.92 Å². The third-order valence-corrected chi connectivity index (χ3v) is 7.24. The van der Waals surface area contributed by atoms with Crippen LogP contribution >= 0.6 is 0 Å². The first kappa shape index (κ1) is 28.9. The highest BCUT2D eigenvalue weighted by Crippen LogP contribution is 2.22. The minimum absolute atomic E-state index is 0.0373. The van der Waals surface area contributed by atoms with Gasteiger partial charge in [0.2, 0.25) is 15.9 Å². The number of benzene rings is 3. The standard InChI is InChI=1S/C29H34N2O6S/c1-4-6-18-37-29(33)23-12-14-24(15-13-23)30-28(32)26(20-22-10-8-7-9-11-22)31-38(34,35)25-16-17-27(36-5-2)21(3)19-25/h7-17,19,26,31H,4-6,18,20H2,1-3H3,(H,30,32)/t26-/m1/s1. The quantitative estimate of drug-likeness (QED) is 0.237. The van der Waals surface area contributed by atoms with Crippen molar-refractivity contribution < 1.29 is 27.5 Å². The Kier molecular flexibility index (Phi) is 10.4. The number of amides is 1. The minimum Gasteiger partial charge on any atom is -0.494 e. The molecule has 3 aromatic rings. The van der Waals surface area contributed by atoms with Gasteiger partial charge in [-0.25, -0.2) is 13.2 Å². The first-order chi connectivity index (χ1) is 18.2. The highest BCUT2D eigenvalue weighted by atomic mass is 32.2. The molecule has 0 saturated heterocycles. The number of aryl methyl sites for hydroxylation is 1. The van der Waals surface area contributed by atoms with Gasteiger partial charge in [-0.2, -0.15) is 4.72 Å². The Morgan fingerprint density at radius 1 is 0.947 bits per heavy atom. The molecular formula is C29H34N2O6S. The summed E-state index contributed by atoms with van der Waals surface area (Å²) >= 11 is 0. The molecule has 0 bridgehead atoms. The van der Waals surface area contributed by atoms with Crippen LogP contribution in [0.25, 0.3) is 0 Å². The second-order valence-corrected chi connectivity index (χ2v) is 10.5. The maximum Gasteiger partial charge on any atom is 0.338 e. The number of anilines is 1. The molecule has 3 rings (SSSR count). The molecule has 202 valence electrons. The molecule has 8 nitrogen and oxygen atoms in total. The Hall–Kier alpha value is -3.69. The van der Waals surface area contributed by atoms with E-state index in [4.69, 9.17) is 9.47 Å². The van der Waals surface area contributed by atoms with Crippen LogP contribution in [0.2, 0.25) is 0 Å². The van der Waals surface area contributed by atoms with Crippen LogP contribution in [0.1, 0.15) is 48.2 Å². The molecule has 38 heavy (non-hydrogen) atoms. The summed E-state index contributed by atoms with van der Waals surface area (Å²) in [6, 6.07) is 18.9. The summed E-state index contributed by atoms with van der Waals surface area (Å²) in [5, 5.41) is 2.75. The van der Waals surface area contributed by atoms with E-state index < -0.39 is 27.9 Å². The van der Waals surface area contributed by atoms with Crippen LogP contribution in [0.5, 0.6) is 5.75 Å². The van der Waals surface area contributed by atoms with Crippen molar-refractivity contribution in [3.05, 3.63) is 89.5 Å². The van der Waals surface area contributed by atoms with Gasteiger partial charge < -0.3 is 14.8 Å². The summed E-state index contributed by atoms with van der Waals surface area (Å²) in [5.74, 6) is -0.363. The predicted octanol–water partition coefficient (Wildman–Crippen LogP) is 4.88. The van der Waals surface area contributed by atoms with Gasteiger partial charge in [-0.05, 0) is 80.3 Å². The molecule has 0 fully saturated rings. The van der Waals surface area contributed by atoms with E-state index in [1.165, 1.54) is 12.1 Å². The zero-order chi connectivity index (χ0) is 27.5. The van der Waals surface area contributed by atoms with Crippen molar-refractivity contribution in [1.82, 2.24) is 4.72 Å². The highest BCUT2D eigenvalue weighted by molar-refractivity contribution is 7.89. The van der Waals surface area contributed by atoms with Gasteiger partial charge in [0.15, 0.2) is 0 Å². The van der Waals surface area contributed by atoms with E-state index in [0.29, 0.717) is 35.8 Å². The third-order valence-electron chi connectivity index (χ3n) is 5.77. The van der Waals surface area contributed by atoms with Gasteiger partial charge in [0.1, 0.15) is 11.8 Å². The minimum atomic E-state index is -4.03. The summed E-state index contributed by atoms with van der Waals surface area (Å²) in [7, 11) is -4.03. The number of hydrogen-bond donors (Lipinski definition) is 2. The number of hydrogen-bond acceptors (Lipinski definition) is 6. The summed E-state index contributed by atoms with van der Waals surface area (Å²) in [6.45, 7) is 6.44. The van der Waals surface area contributed by atoms with E-state index in [0.717, 1.165) is 18.4 Å². The lowest BCUT2D eigenvalue weighted by Crippen LogP contribution is -2.45. The summed E-state index contributed by atoms with van der Waals surface area (Å²) < 4.78 is 39.8. The van der Waals surface area contributed by atoms with Gasteiger partial charge in [0.05, 0.1) is 23.7 Å². The van der Waals surface area contributed by atoms with Crippen LogP contribution in [-0.2, 0) is 26.0 Å². The molecule has 1 amide bonds. The number of unbranched alkanes of at least 4 members (excludes halogenated alkanes) is 1. The summed E-state index contributed by atoms with van der Waals surface area (Å²) in [4.78, 5) is 25.5. The van der Waals surface area contributed by atoms with Crippen LogP contribution in [-0.4, -0.2) is 39.5 Å². The topological polar surface area (TPSA) is 111 Å². The van der Waals surface area contributed by atoms with Crippen LogP contribution in [0.3, 0.4) is 0 Å². The summed E-state index contributed by atoms with van der Waals surface area (Å²) in [5.41, 5.74) is 2.26. The van der Waals surface area contributed by atoms with Crippen molar-refractivity contribution in [1.29, 1.82) is 0 Å². The molecule has 0 unspecified atom stereocenters. The van der Waals surface area contributed by atoms with E-state index in [1.807, 2.05) is 44.2 Å². The number of ether oxygens (including phenoxy) is 2. The Balaban J connectivity index is 1.78. The number of nitrogens with one attached hydrogen (secondary N) is 2. The number of carbonyl (C=O) groups excluding carboxylic acids is 2. The normalized spacial score (nSPS) is 12.0. The van der Waals surface area contributed by atoms with Crippen molar-refractivity contribution >= 4 is 27.6 Å². The molecule has 0 spiro atoms. The molecule has 0 aliphatic carbocycles. The number of esters is 1. The Bertz CT molecular complexity index is 1320. The smallest absolute Gasteiger partial charge is 0.338 e. The first-order valence-electron chi connectivity index (χ1n) is 12.6. The fourth-order valence-corrected chi connectivity index (χ4v) is 4.99. The van der Waals surface area contributed by atoms with Crippen molar-refractivity contribution in [3.8, 4) is 5.75 Å². The molecule has 0 aromatic heterocycles. The average Bonchev–Trinajstić information content (AvgIpc) is 2.90. The molecule has 0 heterocycles. The fraction of sp³-hybridized carbons (Fsp3) is 0.310. The monoisotopic (exact) mass is 538 g/mol. The van der Waals surface area contributed by atoms with Crippen LogP contribution in [0.15, 0.2) is 77.7 Å². The Morgan fingerprint density at radius 2 is 1.66 bits per heavy atom. The predicted molar refractivity (Wildman–Crippen MR) is 147 cm³/mol. The average molecular weight is 539 g/mol. The van der Waals surface area contributed by atoms with Gasteiger partial charge in [-0.3, -0.25) is 4.79 Å². The zero-order valence-corrected chi connectivity index (χ0v) is 22.7. The van der Waals surface area contributed by atoms with E-state index in [2.05, 4.69) is 10.0 Å². The van der Waals surface area contributed by atoms with Gasteiger partial charge >= 0.3 is 5.97 Å². The maximum absolute atomic E-state index is 13.3.